The molecule has 94 valence electrons. The predicted molar refractivity (Wildman–Crippen MR) is 69.8 cm³/mol. The van der Waals surface area contributed by atoms with Gasteiger partial charge in [0.1, 0.15) is 0 Å². The first-order chi connectivity index (χ1) is 7.93. The normalized spacial score (nSPS) is 12.8. The maximum atomic E-state index is 10.5. The monoisotopic (exact) mass is 275 g/mol. The quantitative estimate of drug-likeness (QED) is 0.895. The summed E-state index contributed by atoms with van der Waals surface area (Å²) in [6.07, 6.45) is 0.110. The van der Waals surface area contributed by atoms with Gasteiger partial charge >= 0.3 is 5.97 Å². The van der Waals surface area contributed by atoms with Crippen LogP contribution < -0.4 is 0 Å². The molecule has 0 spiro atoms. The lowest BCUT2D eigenvalue weighted by Crippen LogP contribution is -2.25. The topological polar surface area (TPSA) is 40.5 Å². The Kier molecular flexibility index (Phi) is 5.25. The molecule has 0 radical (unpaired) electrons. The van der Waals surface area contributed by atoms with Crippen molar-refractivity contribution < 1.29 is 9.90 Å². The average Bonchev–Trinajstić information content (AvgIpc) is 2.28. The summed E-state index contributed by atoms with van der Waals surface area (Å²) in [6, 6.07) is 5.50. The Morgan fingerprint density at radius 1 is 1.47 bits per heavy atom. The molecule has 5 heteroatoms. The third-order valence-corrected chi connectivity index (χ3v) is 3.60. The van der Waals surface area contributed by atoms with Gasteiger partial charge in [-0.1, -0.05) is 35.3 Å². The molecule has 1 rings (SSSR count). The van der Waals surface area contributed by atoms with Crippen LogP contribution in [-0.4, -0.2) is 29.6 Å². The summed E-state index contributed by atoms with van der Waals surface area (Å²) in [5, 5.41) is 9.69. The van der Waals surface area contributed by atoms with Crippen molar-refractivity contribution >= 4 is 29.2 Å². The summed E-state index contributed by atoms with van der Waals surface area (Å²) in [5.41, 5.74) is 0.909. The fourth-order valence-corrected chi connectivity index (χ4v) is 2.01. The van der Waals surface area contributed by atoms with Crippen LogP contribution in [0.1, 0.15) is 24.9 Å². The van der Waals surface area contributed by atoms with Crippen LogP contribution in [0.15, 0.2) is 18.2 Å². The van der Waals surface area contributed by atoms with Crippen molar-refractivity contribution in [3.8, 4) is 0 Å². The first-order valence-corrected chi connectivity index (χ1v) is 6.05. The van der Waals surface area contributed by atoms with Gasteiger partial charge < -0.3 is 5.11 Å². The van der Waals surface area contributed by atoms with Crippen LogP contribution in [0.25, 0.3) is 0 Å². The molecule has 0 amide bonds. The van der Waals surface area contributed by atoms with Gasteiger partial charge in [0, 0.05) is 12.6 Å². The number of carboxylic acids is 1. The lowest BCUT2D eigenvalue weighted by Gasteiger charge is -2.25. The van der Waals surface area contributed by atoms with E-state index in [1.807, 2.05) is 31.0 Å². The number of carboxylic acid groups (broad SMARTS) is 1. The molecule has 1 atom stereocenters. The van der Waals surface area contributed by atoms with Gasteiger partial charge in [-0.05, 0) is 25.6 Å². The van der Waals surface area contributed by atoms with E-state index in [1.54, 1.807) is 6.07 Å². The van der Waals surface area contributed by atoms with E-state index in [2.05, 4.69) is 0 Å². The lowest BCUT2D eigenvalue weighted by molar-refractivity contribution is -0.137. The molecule has 0 aliphatic rings. The molecule has 1 unspecified atom stereocenters. The Morgan fingerprint density at radius 3 is 2.71 bits per heavy atom. The average molecular weight is 276 g/mol. The highest BCUT2D eigenvalue weighted by Gasteiger charge is 2.16. The van der Waals surface area contributed by atoms with Gasteiger partial charge in [-0.2, -0.15) is 0 Å². The lowest BCUT2D eigenvalue weighted by atomic mass is 10.1. The Hall–Kier alpha value is -0.770. The third-order valence-electron chi connectivity index (χ3n) is 2.77. The molecule has 0 aliphatic carbocycles. The number of rotatable bonds is 5. The summed E-state index contributed by atoms with van der Waals surface area (Å²) in [7, 11) is 1.87. The smallest absolute Gasteiger partial charge is 0.304 e. The van der Waals surface area contributed by atoms with Gasteiger partial charge in [0.15, 0.2) is 0 Å². The van der Waals surface area contributed by atoms with E-state index in [9.17, 15) is 4.79 Å². The second kappa shape index (κ2) is 6.24. The molecule has 1 aromatic carbocycles. The molecule has 1 aromatic rings. The molecule has 0 fully saturated rings. The van der Waals surface area contributed by atoms with Crippen molar-refractivity contribution in [1.29, 1.82) is 0 Å². The Balaban J connectivity index is 2.77. The molecule has 0 heterocycles. The molecule has 0 saturated carbocycles. The fourth-order valence-electron chi connectivity index (χ4n) is 1.55. The minimum absolute atomic E-state index is 0.0283. The number of benzene rings is 1. The second-order valence-electron chi connectivity index (χ2n) is 3.94. The first kappa shape index (κ1) is 14.3. The second-order valence-corrected chi connectivity index (χ2v) is 4.73. The molecule has 1 N–H and O–H groups in total. The molecule has 0 aromatic heterocycles. The number of nitrogens with zero attached hydrogens (tertiary/aromatic N) is 1. The predicted octanol–water partition coefficient (Wildman–Crippen LogP) is 3.46. The maximum Gasteiger partial charge on any atom is 0.304 e. The molecular weight excluding hydrogens is 261 g/mol. The molecule has 0 bridgehead atoms. The number of hydrogen-bond acceptors (Lipinski definition) is 2. The summed E-state index contributed by atoms with van der Waals surface area (Å²) in [5.74, 6) is -0.804. The van der Waals surface area contributed by atoms with Crippen LogP contribution in [-0.2, 0) is 4.79 Å². The minimum Gasteiger partial charge on any atom is -0.481 e. The zero-order valence-corrected chi connectivity index (χ0v) is 11.3. The minimum atomic E-state index is -0.804. The third kappa shape index (κ3) is 3.87. The van der Waals surface area contributed by atoms with Gasteiger partial charge in [0.05, 0.1) is 16.5 Å². The Labute approximate surface area is 111 Å². The van der Waals surface area contributed by atoms with Crippen molar-refractivity contribution in [2.45, 2.75) is 19.4 Å². The summed E-state index contributed by atoms with van der Waals surface area (Å²) in [6.45, 7) is 2.44. The SMILES string of the molecule is CC(c1cccc(Cl)c1Cl)N(C)CCC(=O)O. The van der Waals surface area contributed by atoms with E-state index in [-0.39, 0.29) is 12.5 Å². The van der Waals surface area contributed by atoms with Crippen molar-refractivity contribution in [2.75, 3.05) is 13.6 Å². The van der Waals surface area contributed by atoms with Crippen LogP contribution >= 0.6 is 23.2 Å². The standard InChI is InChI=1S/C12H15Cl2NO2/c1-8(15(2)7-6-11(16)17)9-4-3-5-10(13)12(9)14/h3-5,8H,6-7H2,1-2H3,(H,16,17). The molecule has 0 saturated heterocycles. The highest BCUT2D eigenvalue weighted by Crippen LogP contribution is 2.31. The van der Waals surface area contributed by atoms with E-state index >= 15 is 0 Å². The van der Waals surface area contributed by atoms with Crippen LogP contribution in [0.2, 0.25) is 10.0 Å². The van der Waals surface area contributed by atoms with E-state index in [0.29, 0.717) is 16.6 Å². The highest BCUT2D eigenvalue weighted by molar-refractivity contribution is 6.42. The van der Waals surface area contributed by atoms with E-state index < -0.39 is 5.97 Å². The zero-order valence-electron chi connectivity index (χ0n) is 9.78. The van der Waals surface area contributed by atoms with Crippen molar-refractivity contribution in [1.82, 2.24) is 4.90 Å². The van der Waals surface area contributed by atoms with E-state index in [1.165, 1.54) is 0 Å². The molecule has 3 nitrogen and oxygen atoms in total. The highest BCUT2D eigenvalue weighted by atomic mass is 35.5. The Bertz CT molecular complexity index is 409. The number of hydrogen-bond donors (Lipinski definition) is 1. The van der Waals surface area contributed by atoms with Gasteiger partial charge in [-0.25, -0.2) is 0 Å². The molecule has 17 heavy (non-hydrogen) atoms. The van der Waals surface area contributed by atoms with Crippen LogP contribution in [0.5, 0.6) is 0 Å². The fraction of sp³-hybridized carbons (Fsp3) is 0.417. The van der Waals surface area contributed by atoms with Crippen molar-refractivity contribution in [3.05, 3.63) is 33.8 Å². The summed E-state index contributed by atoms with van der Waals surface area (Å²) in [4.78, 5) is 12.4. The van der Waals surface area contributed by atoms with Crippen LogP contribution in [0, 0.1) is 0 Å². The molecule has 0 aliphatic heterocycles. The zero-order chi connectivity index (χ0) is 13.0. The van der Waals surface area contributed by atoms with E-state index in [0.717, 1.165) is 5.56 Å². The Morgan fingerprint density at radius 2 is 2.12 bits per heavy atom. The summed E-state index contributed by atoms with van der Waals surface area (Å²) < 4.78 is 0. The first-order valence-electron chi connectivity index (χ1n) is 5.29. The number of aliphatic carboxylic acids is 1. The van der Waals surface area contributed by atoms with Crippen LogP contribution in [0.4, 0.5) is 0 Å². The van der Waals surface area contributed by atoms with Gasteiger partial charge in [0.2, 0.25) is 0 Å². The van der Waals surface area contributed by atoms with Crippen LogP contribution in [0.3, 0.4) is 0 Å². The van der Waals surface area contributed by atoms with Gasteiger partial charge in [0.25, 0.3) is 0 Å². The maximum absolute atomic E-state index is 10.5. The number of carbonyl (C=O) groups is 1. The number of halogens is 2. The summed E-state index contributed by atoms with van der Waals surface area (Å²) >= 11 is 12.1. The molecular formula is C12H15Cl2NO2. The van der Waals surface area contributed by atoms with Gasteiger partial charge in [-0.15, -0.1) is 0 Å². The largest absolute Gasteiger partial charge is 0.481 e. The van der Waals surface area contributed by atoms with Gasteiger partial charge in [-0.3, -0.25) is 9.69 Å². The van der Waals surface area contributed by atoms with E-state index in [4.69, 9.17) is 28.3 Å². The van der Waals surface area contributed by atoms with Crippen molar-refractivity contribution in [2.24, 2.45) is 0 Å². The van der Waals surface area contributed by atoms with Crippen molar-refractivity contribution in [3.63, 3.8) is 0 Å².